The summed E-state index contributed by atoms with van der Waals surface area (Å²) in [6.45, 7) is 0. The van der Waals surface area contributed by atoms with E-state index in [1.54, 1.807) is 0 Å². The van der Waals surface area contributed by atoms with Crippen molar-refractivity contribution in [3.05, 3.63) is 10.6 Å². The van der Waals surface area contributed by atoms with Crippen LogP contribution in [0, 0.1) is 0 Å². The number of methoxy groups -OCH3 is 1. The molecule has 0 aromatic carbocycles. The molecule has 15 heavy (non-hydrogen) atoms. The monoisotopic (exact) mass is 267 g/mol. The quantitative estimate of drug-likeness (QED) is 0.613. The molecule has 8 heteroatoms. The van der Waals surface area contributed by atoms with Crippen LogP contribution in [0.25, 0.3) is 0 Å². The molecule has 0 spiro atoms. The Labute approximate surface area is 101 Å². The summed E-state index contributed by atoms with van der Waals surface area (Å²) in [5.41, 5.74) is 0. The summed E-state index contributed by atoms with van der Waals surface area (Å²) in [6, 6.07) is 0. The van der Waals surface area contributed by atoms with E-state index in [-0.39, 0.29) is 23.0 Å². The molecular weight excluding hydrogens is 261 g/mol. The van der Waals surface area contributed by atoms with Crippen molar-refractivity contribution in [2.24, 2.45) is 0 Å². The van der Waals surface area contributed by atoms with E-state index in [9.17, 15) is 4.79 Å². The summed E-state index contributed by atoms with van der Waals surface area (Å²) < 4.78 is 4.48. The Balaban J connectivity index is 2.47. The number of hydrogen-bond acceptors (Lipinski definition) is 6. The molecule has 0 atom stereocenters. The first-order valence-electron chi connectivity index (χ1n) is 3.88. The summed E-state index contributed by atoms with van der Waals surface area (Å²) in [6.07, 6.45) is 0.280. The van der Waals surface area contributed by atoms with Gasteiger partial charge >= 0.3 is 5.97 Å². The zero-order chi connectivity index (χ0) is 11.3. The van der Waals surface area contributed by atoms with Crippen LogP contribution in [0.3, 0.4) is 0 Å². The van der Waals surface area contributed by atoms with E-state index >= 15 is 0 Å². The topological polar surface area (TPSA) is 65.0 Å². The first-order valence-corrected chi connectivity index (χ1v) is 5.62. The maximum Gasteiger partial charge on any atom is 0.306 e. The molecule has 0 fully saturated rings. The number of nitrogens with zero attached hydrogens (tertiary/aromatic N) is 3. The van der Waals surface area contributed by atoms with Crippen molar-refractivity contribution in [3.8, 4) is 0 Å². The summed E-state index contributed by atoms with van der Waals surface area (Å²) in [5.74, 6) is 0.220. The van der Waals surface area contributed by atoms with E-state index in [0.717, 1.165) is 0 Å². The van der Waals surface area contributed by atoms with Gasteiger partial charge in [-0.1, -0.05) is 11.8 Å². The molecule has 1 heterocycles. The Morgan fingerprint density at radius 1 is 1.33 bits per heavy atom. The molecule has 0 aliphatic heterocycles. The van der Waals surface area contributed by atoms with Crippen molar-refractivity contribution in [2.45, 2.75) is 11.6 Å². The second-order valence-electron chi connectivity index (χ2n) is 2.33. The molecule has 0 amide bonds. The number of carbonyl (C=O) groups is 1. The Hall–Kier alpha value is -0.590. The van der Waals surface area contributed by atoms with E-state index in [1.165, 1.54) is 18.9 Å². The summed E-state index contributed by atoms with van der Waals surface area (Å²) in [7, 11) is 1.34. The lowest BCUT2D eigenvalue weighted by Crippen LogP contribution is -2.01. The van der Waals surface area contributed by atoms with Gasteiger partial charge in [-0.05, 0) is 23.2 Å². The number of aromatic nitrogens is 3. The van der Waals surface area contributed by atoms with Gasteiger partial charge < -0.3 is 4.74 Å². The molecule has 1 rings (SSSR count). The van der Waals surface area contributed by atoms with Crippen LogP contribution in [0.4, 0.5) is 0 Å². The standard InChI is InChI=1S/C7H7Cl2N3O2S/c1-14-4(13)2-3-15-7-11-5(8)10-6(9)12-7/h2-3H2,1H3. The Morgan fingerprint density at radius 3 is 2.47 bits per heavy atom. The average Bonchev–Trinajstić information content (AvgIpc) is 2.16. The van der Waals surface area contributed by atoms with Crippen LogP contribution in [0.1, 0.15) is 6.42 Å². The molecule has 1 aromatic rings. The molecule has 0 saturated carbocycles. The normalized spacial score (nSPS) is 10.1. The third-order valence-corrected chi connectivity index (χ3v) is 2.51. The number of ether oxygens (including phenoxy) is 1. The van der Waals surface area contributed by atoms with Gasteiger partial charge in [-0.2, -0.15) is 15.0 Å². The lowest BCUT2D eigenvalue weighted by atomic mass is 10.5. The van der Waals surface area contributed by atoms with Gasteiger partial charge in [0, 0.05) is 5.75 Å². The minimum absolute atomic E-state index is 0.0376. The van der Waals surface area contributed by atoms with E-state index in [4.69, 9.17) is 23.2 Å². The molecule has 1 aromatic heterocycles. The van der Waals surface area contributed by atoms with Gasteiger partial charge in [0.05, 0.1) is 13.5 Å². The van der Waals surface area contributed by atoms with E-state index in [2.05, 4.69) is 19.7 Å². The van der Waals surface area contributed by atoms with Crippen LogP contribution >= 0.6 is 35.0 Å². The van der Waals surface area contributed by atoms with Gasteiger partial charge in [0.25, 0.3) is 0 Å². The zero-order valence-electron chi connectivity index (χ0n) is 7.74. The number of esters is 1. The maximum absolute atomic E-state index is 10.8. The fraction of sp³-hybridized carbons (Fsp3) is 0.429. The molecule has 0 bridgehead atoms. The molecule has 0 N–H and O–H groups in total. The molecule has 0 aliphatic carbocycles. The number of hydrogen-bond donors (Lipinski definition) is 0. The van der Waals surface area contributed by atoms with Crippen molar-refractivity contribution in [1.82, 2.24) is 15.0 Å². The largest absolute Gasteiger partial charge is 0.469 e. The predicted molar refractivity (Wildman–Crippen MR) is 57.2 cm³/mol. The smallest absolute Gasteiger partial charge is 0.306 e. The maximum atomic E-state index is 10.8. The predicted octanol–water partition coefficient (Wildman–Crippen LogP) is 1.83. The number of carbonyl (C=O) groups excluding carboxylic acids is 1. The van der Waals surface area contributed by atoms with Gasteiger partial charge in [-0.25, -0.2) is 0 Å². The fourth-order valence-electron chi connectivity index (χ4n) is 0.701. The first kappa shape index (κ1) is 12.5. The van der Waals surface area contributed by atoms with Gasteiger partial charge in [0.1, 0.15) is 0 Å². The first-order chi connectivity index (χ1) is 7.11. The van der Waals surface area contributed by atoms with E-state index in [0.29, 0.717) is 10.9 Å². The van der Waals surface area contributed by atoms with Crippen LogP contribution < -0.4 is 0 Å². The molecule has 0 aliphatic rings. The highest BCUT2D eigenvalue weighted by Gasteiger charge is 2.05. The fourth-order valence-corrected chi connectivity index (χ4v) is 1.92. The molecular formula is C7H7Cl2N3O2S. The Kier molecular flexibility index (Phi) is 5.07. The highest BCUT2D eigenvalue weighted by Crippen LogP contribution is 2.17. The van der Waals surface area contributed by atoms with Crippen LogP contribution in [-0.2, 0) is 9.53 Å². The van der Waals surface area contributed by atoms with Crippen molar-refractivity contribution in [1.29, 1.82) is 0 Å². The van der Waals surface area contributed by atoms with E-state index in [1.807, 2.05) is 0 Å². The highest BCUT2D eigenvalue weighted by molar-refractivity contribution is 7.99. The van der Waals surface area contributed by atoms with Crippen LogP contribution in [0.2, 0.25) is 10.6 Å². The van der Waals surface area contributed by atoms with Gasteiger partial charge in [0.2, 0.25) is 10.6 Å². The number of thioether (sulfide) groups is 1. The lowest BCUT2D eigenvalue weighted by Gasteiger charge is -1.99. The van der Waals surface area contributed by atoms with E-state index < -0.39 is 0 Å². The number of halogens is 2. The van der Waals surface area contributed by atoms with Gasteiger partial charge in [0.15, 0.2) is 5.16 Å². The lowest BCUT2D eigenvalue weighted by molar-refractivity contribution is -0.140. The molecule has 0 radical (unpaired) electrons. The second kappa shape index (κ2) is 6.09. The SMILES string of the molecule is COC(=O)CCSc1nc(Cl)nc(Cl)n1. The van der Waals surface area contributed by atoms with Crippen molar-refractivity contribution < 1.29 is 9.53 Å². The highest BCUT2D eigenvalue weighted by atomic mass is 35.5. The van der Waals surface area contributed by atoms with Crippen molar-refractivity contribution in [3.63, 3.8) is 0 Å². The van der Waals surface area contributed by atoms with Gasteiger partial charge in [-0.15, -0.1) is 0 Å². The molecule has 5 nitrogen and oxygen atoms in total. The van der Waals surface area contributed by atoms with Gasteiger partial charge in [-0.3, -0.25) is 4.79 Å². The average molecular weight is 268 g/mol. The van der Waals surface area contributed by atoms with Crippen LogP contribution in [0.5, 0.6) is 0 Å². The third kappa shape index (κ3) is 4.63. The van der Waals surface area contributed by atoms with Crippen molar-refractivity contribution in [2.75, 3.05) is 12.9 Å². The molecule has 0 saturated heterocycles. The Morgan fingerprint density at radius 2 is 1.93 bits per heavy atom. The second-order valence-corrected chi connectivity index (χ2v) is 4.07. The van der Waals surface area contributed by atoms with Crippen LogP contribution in [0.15, 0.2) is 5.16 Å². The molecule has 82 valence electrons. The van der Waals surface area contributed by atoms with Crippen molar-refractivity contribution >= 4 is 40.9 Å². The Bertz CT molecular complexity index is 344. The summed E-state index contributed by atoms with van der Waals surface area (Å²) >= 11 is 12.4. The number of rotatable bonds is 4. The summed E-state index contributed by atoms with van der Waals surface area (Å²) in [4.78, 5) is 22.0. The van der Waals surface area contributed by atoms with Crippen LogP contribution in [-0.4, -0.2) is 33.8 Å². The minimum atomic E-state index is -0.284. The third-order valence-electron chi connectivity index (χ3n) is 1.33. The zero-order valence-corrected chi connectivity index (χ0v) is 10.1. The summed E-state index contributed by atoms with van der Waals surface area (Å²) in [5, 5.41) is 0.468. The minimum Gasteiger partial charge on any atom is -0.469 e. The molecule has 0 unspecified atom stereocenters.